The average Bonchev–Trinajstić information content (AvgIpc) is 2.30. The van der Waals surface area contributed by atoms with E-state index in [1.54, 1.807) is 0 Å². The minimum Gasteiger partial charge on any atom is -0.389 e. The van der Waals surface area contributed by atoms with Gasteiger partial charge in [0.2, 0.25) is 0 Å². The van der Waals surface area contributed by atoms with Crippen LogP contribution in [0.5, 0.6) is 0 Å². The van der Waals surface area contributed by atoms with Crippen molar-refractivity contribution in [3.63, 3.8) is 0 Å². The topological polar surface area (TPSA) is 127 Å². The summed E-state index contributed by atoms with van der Waals surface area (Å²) >= 11 is 0.789. The van der Waals surface area contributed by atoms with Crippen molar-refractivity contribution in [2.45, 2.75) is 17.1 Å². The Morgan fingerprint density at radius 1 is 1.50 bits per heavy atom. The molecule has 1 aliphatic rings. The van der Waals surface area contributed by atoms with Crippen LogP contribution in [0.3, 0.4) is 0 Å². The van der Waals surface area contributed by atoms with E-state index in [0.29, 0.717) is 0 Å². The molecular weight excluding hydrogens is 235 g/mol. The van der Waals surface area contributed by atoms with Gasteiger partial charge in [-0.05, 0) is 0 Å². The van der Waals surface area contributed by atoms with E-state index in [-0.39, 0.29) is 5.75 Å². The third kappa shape index (κ3) is 2.91. The number of hydrogen-bond acceptors (Lipinski definition) is 6. The van der Waals surface area contributed by atoms with Crippen molar-refractivity contribution < 1.29 is 34.2 Å². The Kier molecular flexibility index (Phi) is 3.61. The maximum Gasteiger partial charge on any atom is 0.469 e. The number of phosphoric ester groups is 1. The monoisotopic (exact) mass is 246 g/mol. The molecule has 0 aromatic carbocycles. The first-order valence-corrected chi connectivity index (χ1v) is 6.19. The van der Waals surface area contributed by atoms with Crippen molar-refractivity contribution in [3.8, 4) is 0 Å². The molecule has 14 heavy (non-hydrogen) atoms. The SMILES string of the molecule is O=P(O)(O)OC[C@@]1(O)SC[C@@H](O)[C@@H]1O. The fourth-order valence-corrected chi connectivity index (χ4v) is 2.57. The lowest BCUT2D eigenvalue weighted by Gasteiger charge is -2.25. The minimum absolute atomic E-state index is 0.0855. The van der Waals surface area contributed by atoms with Crippen LogP contribution < -0.4 is 0 Å². The highest BCUT2D eigenvalue weighted by molar-refractivity contribution is 8.00. The van der Waals surface area contributed by atoms with Gasteiger partial charge in [0.1, 0.15) is 6.10 Å². The Morgan fingerprint density at radius 2 is 2.07 bits per heavy atom. The summed E-state index contributed by atoms with van der Waals surface area (Å²) in [5.74, 6) is 0.0855. The molecule has 1 fully saturated rings. The molecule has 0 spiro atoms. The lowest BCUT2D eigenvalue weighted by Crippen LogP contribution is -2.43. The summed E-state index contributed by atoms with van der Waals surface area (Å²) in [6, 6.07) is 0. The predicted molar refractivity (Wildman–Crippen MR) is 47.4 cm³/mol. The summed E-state index contributed by atoms with van der Waals surface area (Å²) < 4.78 is 14.4. The van der Waals surface area contributed by atoms with Crippen LogP contribution in [0.25, 0.3) is 0 Å². The lowest BCUT2D eigenvalue weighted by atomic mass is 10.1. The first-order valence-electron chi connectivity index (χ1n) is 3.67. The molecule has 1 aliphatic heterocycles. The summed E-state index contributed by atoms with van der Waals surface area (Å²) in [4.78, 5) is 14.9. The summed E-state index contributed by atoms with van der Waals surface area (Å²) in [5, 5.41) is 27.9. The Hall–Kier alpha value is 0.340. The molecule has 9 heteroatoms. The fraction of sp³-hybridized carbons (Fsp3) is 1.00. The molecule has 0 radical (unpaired) electrons. The lowest BCUT2D eigenvalue weighted by molar-refractivity contribution is -0.0758. The Labute approximate surface area is 84.0 Å². The van der Waals surface area contributed by atoms with Crippen LogP contribution in [0.2, 0.25) is 0 Å². The van der Waals surface area contributed by atoms with Gasteiger partial charge in [0.05, 0.1) is 12.7 Å². The second kappa shape index (κ2) is 4.07. The molecule has 1 rings (SSSR count). The Balaban J connectivity index is 2.55. The molecule has 0 aromatic heterocycles. The maximum atomic E-state index is 10.3. The zero-order chi connectivity index (χ0) is 11.0. The van der Waals surface area contributed by atoms with Crippen molar-refractivity contribution in [3.05, 3.63) is 0 Å². The molecular formula is C5H11O7PS. The first-order chi connectivity index (χ1) is 6.25. The number of phosphoric acid groups is 1. The number of hydrogen-bond donors (Lipinski definition) is 5. The molecule has 7 nitrogen and oxygen atoms in total. The molecule has 0 unspecified atom stereocenters. The van der Waals surface area contributed by atoms with E-state index in [2.05, 4.69) is 4.52 Å². The third-order valence-corrected chi connectivity index (χ3v) is 3.60. The summed E-state index contributed by atoms with van der Waals surface area (Å²) in [6.45, 7) is -0.736. The fourth-order valence-electron chi connectivity index (χ4n) is 1.01. The number of thioether (sulfide) groups is 1. The molecule has 1 heterocycles. The van der Waals surface area contributed by atoms with Crippen molar-refractivity contribution >= 4 is 19.6 Å². The van der Waals surface area contributed by atoms with E-state index < -0.39 is 31.6 Å². The van der Waals surface area contributed by atoms with Crippen LogP contribution in [0.1, 0.15) is 0 Å². The predicted octanol–water partition coefficient (Wildman–Crippen LogP) is -1.75. The van der Waals surface area contributed by atoms with E-state index in [1.807, 2.05) is 0 Å². The van der Waals surface area contributed by atoms with E-state index >= 15 is 0 Å². The van der Waals surface area contributed by atoms with Gasteiger partial charge in [-0.15, -0.1) is 11.8 Å². The van der Waals surface area contributed by atoms with Gasteiger partial charge in [0, 0.05) is 5.75 Å². The molecule has 0 aromatic rings. The van der Waals surface area contributed by atoms with Crippen molar-refractivity contribution in [2.75, 3.05) is 12.4 Å². The van der Waals surface area contributed by atoms with Crippen LogP contribution in [0.15, 0.2) is 0 Å². The molecule has 1 saturated heterocycles. The normalized spacial score (nSPS) is 38.9. The number of aliphatic hydroxyl groups is 3. The number of aliphatic hydroxyl groups excluding tert-OH is 2. The van der Waals surface area contributed by atoms with Gasteiger partial charge in [-0.3, -0.25) is 4.52 Å². The van der Waals surface area contributed by atoms with E-state index in [0.717, 1.165) is 11.8 Å². The maximum absolute atomic E-state index is 10.3. The molecule has 0 saturated carbocycles. The average molecular weight is 246 g/mol. The molecule has 0 amide bonds. The standard InChI is InChI=1S/C5H11O7PS/c6-3-1-14-5(8,4(3)7)2-12-13(9,10)11/h3-4,6-8H,1-2H2,(H2,9,10,11)/t3-,4+,5-/m1/s1. The molecule has 5 N–H and O–H groups in total. The Bertz CT molecular complexity index is 254. The van der Waals surface area contributed by atoms with Gasteiger partial charge >= 0.3 is 7.82 Å². The molecule has 0 aliphatic carbocycles. The van der Waals surface area contributed by atoms with Gasteiger partial charge in [-0.25, -0.2) is 4.57 Å². The molecule has 3 atom stereocenters. The van der Waals surface area contributed by atoms with E-state index in [9.17, 15) is 14.8 Å². The van der Waals surface area contributed by atoms with Crippen LogP contribution in [0.4, 0.5) is 0 Å². The second-order valence-electron chi connectivity index (χ2n) is 2.93. The first kappa shape index (κ1) is 12.4. The molecule has 0 bridgehead atoms. The van der Waals surface area contributed by atoms with Crippen LogP contribution in [-0.4, -0.2) is 54.6 Å². The molecule has 84 valence electrons. The highest BCUT2D eigenvalue weighted by Gasteiger charge is 2.48. The zero-order valence-electron chi connectivity index (χ0n) is 6.98. The van der Waals surface area contributed by atoms with Gasteiger partial charge in [0.25, 0.3) is 0 Å². The van der Waals surface area contributed by atoms with Crippen molar-refractivity contribution in [1.82, 2.24) is 0 Å². The third-order valence-electron chi connectivity index (χ3n) is 1.77. The summed E-state index contributed by atoms with van der Waals surface area (Å²) in [5.41, 5.74) is 0. The van der Waals surface area contributed by atoms with Crippen LogP contribution >= 0.6 is 19.6 Å². The van der Waals surface area contributed by atoms with Crippen molar-refractivity contribution in [1.29, 1.82) is 0 Å². The van der Waals surface area contributed by atoms with Crippen LogP contribution in [-0.2, 0) is 9.09 Å². The smallest absolute Gasteiger partial charge is 0.389 e. The summed E-state index contributed by atoms with van der Waals surface area (Å²) in [6.07, 6.45) is -2.59. The second-order valence-corrected chi connectivity index (χ2v) is 5.50. The number of rotatable bonds is 3. The minimum atomic E-state index is -4.67. The quantitative estimate of drug-likeness (QED) is 0.371. The van der Waals surface area contributed by atoms with Gasteiger partial charge in [-0.1, -0.05) is 0 Å². The van der Waals surface area contributed by atoms with Crippen molar-refractivity contribution in [2.24, 2.45) is 0 Å². The van der Waals surface area contributed by atoms with Gasteiger partial charge in [-0.2, -0.15) is 0 Å². The van der Waals surface area contributed by atoms with E-state index in [4.69, 9.17) is 14.9 Å². The highest BCUT2D eigenvalue weighted by atomic mass is 32.2. The summed E-state index contributed by atoms with van der Waals surface area (Å²) in [7, 11) is -4.67. The van der Waals surface area contributed by atoms with Crippen LogP contribution in [0, 0.1) is 0 Å². The van der Waals surface area contributed by atoms with E-state index in [1.165, 1.54) is 0 Å². The largest absolute Gasteiger partial charge is 0.469 e. The zero-order valence-corrected chi connectivity index (χ0v) is 8.69. The highest BCUT2D eigenvalue weighted by Crippen LogP contribution is 2.42. The van der Waals surface area contributed by atoms with Gasteiger partial charge in [0.15, 0.2) is 4.93 Å². The Morgan fingerprint density at radius 3 is 2.43 bits per heavy atom. The van der Waals surface area contributed by atoms with Gasteiger partial charge < -0.3 is 25.1 Å².